The van der Waals surface area contributed by atoms with E-state index in [0.29, 0.717) is 5.82 Å². The van der Waals surface area contributed by atoms with Gasteiger partial charge in [0.1, 0.15) is 11.9 Å². The fourth-order valence-corrected chi connectivity index (χ4v) is 3.31. The Morgan fingerprint density at radius 1 is 1.25 bits per heavy atom. The summed E-state index contributed by atoms with van der Waals surface area (Å²) in [6, 6.07) is 3.62. The Labute approximate surface area is 143 Å². The van der Waals surface area contributed by atoms with Crippen LogP contribution in [0.3, 0.4) is 0 Å². The first-order chi connectivity index (χ1) is 11.5. The average Bonchev–Trinajstić information content (AvgIpc) is 2.82. The molecule has 1 aliphatic carbocycles. The molecule has 3 rings (SSSR count). The van der Waals surface area contributed by atoms with Crippen molar-refractivity contribution >= 4 is 17.9 Å². The highest BCUT2D eigenvalue weighted by Gasteiger charge is 2.38. The lowest BCUT2D eigenvalue weighted by molar-refractivity contribution is -0.137. The molecular weight excluding hydrogens is 300 g/mol. The van der Waals surface area contributed by atoms with E-state index in [1.165, 1.54) is 11.1 Å². The molecule has 24 heavy (non-hydrogen) atoms. The topological polar surface area (TPSA) is 65.2 Å². The zero-order valence-electron chi connectivity index (χ0n) is 14.3. The van der Waals surface area contributed by atoms with Crippen molar-refractivity contribution in [3.8, 4) is 0 Å². The second-order valence-corrected chi connectivity index (χ2v) is 6.73. The number of fused-ring (bicyclic) bond motifs is 1. The minimum absolute atomic E-state index is 0.0893. The Morgan fingerprint density at radius 2 is 2.08 bits per heavy atom. The summed E-state index contributed by atoms with van der Waals surface area (Å²) in [5.41, 5.74) is 9.91. The van der Waals surface area contributed by atoms with Crippen LogP contribution in [-0.2, 0) is 9.53 Å². The number of hydrogen-bond acceptors (Lipinski definition) is 4. The molecular formula is C20H24N2O2. The fourth-order valence-electron chi connectivity index (χ4n) is 3.31. The van der Waals surface area contributed by atoms with Gasteiger partial charge < -0.3 is 10.5 Å². The van der Waals surface area contributed by atoms with Crippen molar-refractivity contribution in [2.75, 3.05) is 5.73 Å². The summed E-state index contributed by atoms with van der Waals surface area (Å²) in [4.78, 5) is 16.5. The summed E-state index contributed by atoms with van der Waals surface area (Å²) in [7, 11) is 0. The van der Waals surface area contributed by atoms with Gasteiger partial charge in [-0.1, -0.05) is 17.2 Å². The van der Waals surface area contributed by atoms with Crippen LogP contribution < -0.4 is 5.73 Å². The number of nitrogens with two attached hydrogens (primary N) is 1. The molecule has 2 N–H and O–H groups in total. The first-order valence-electron chi connectivity index (χ1n) is 8.50. The molecule has 1 saturated heterocycles. The van der Waals surface area contributed by atoms with Gasteiger partial charge in [0.25, 0.3) is 0 Å². The van der Waals surface area contributed by atoms with Gasteiger partial charge in [0.15, 0.2) is 0 Å². The maximum atomic E-state index is 12.4. The summed E-state index contributed by atoms with van der Waals surface area (Å²) in [5, 5.41) is 0. The van der Waals surface area contributed by atoms with Crippen LogP contribution in [0.4, 0.5) is 5.82 Å². The number of nitrogens with zero attached hydrogens (tertiary/aromatic N) is 1. The van der Waals surface area contributed by atoms with Gasteiger partial charge in [-0.3, -0.25) is 0 Å². The van der Waals surface area contributed by atoms with E-state index < -0.39 is 0 Å². The zero-order valence-corrected chi connectivity index (χ0v) is 14.3. The van der Waals surface area contributed by atoms with E-state index in [1.807, 2.05) is 12.1 Å². The van der Waals surface area contributed by atoms with Crippen molar-refractivity contribution in [3.05, 3.63) is 52.8 Å². The van der Waals surface area contributed by atoms with Crippen molar-refractivity contribution in [2.24, 2.45) is 5.92 Å². The van der Waals surface area contributed by atoms with E-state index in [1.54, 1.807) is 12.3 Å². The van der Waals surface area contributed by atoms with Gasteiger partial charge in [-0.25, -0.2) is 9.78 Å². The molecule has 126 valence electrons. The molecule has 0 spiro atoms. The van der Waals surface area contributed by atoms with Crippen molar-refractivity contribution in [1.29, 1.82) is 0 Å². The van der Waals surface area contributed by atoms with E-state index in [0.717, 1.165) is 36.8 Å². The van der Waals surface area contributed by atoms with Crippen molar-refractivity contribution in [1.82, 2.24) is 4.98 Å². The van der Waals surface area contributed by atoms with Gasteiger partial charge in [-0.15, -0.1) is 0 Å². The molecule has 4 nitrogen and oxygen atoms in total. The van der Waals surface area contributed by atoms with Gasteiger partial charge in [0.2, 0.25) is 0 Å². The molecule has 0 unspecified atom stereocenters. The highest BCUT2D eigenvalue weighted by atomic mass is 16.5. The summed E-state index contributed by atoms with van der Waals surface area (Å²) < 4.78 is 5.66. The van der Waals surface area contributed by atoms with E-state index >= 15 is 0 Å². The summed E-state index contributed by atoms with van der Waals surface area (Å²) in [6.45, 7) is 4.28. The highest BCUT2D eigenvalue weighted by Crippen LogP contribution is 2.36. The van der Waals surface area contributed by atoms with Gasteiger partial charge in [-0.2, -0.15) is 0 Å². The predicted octanol–water partition coefficient (Wildman–Crippen LogP) is 4.06. The maximum absolute atomic E-state index is 12.4. The number of allylic oxidation sites excluding steroid dienone is 3. The maximum Gasteiger partial charge on any atom is 0.335 e. The molecule has 4 heteroatoms. The third kappa shape index (κ3) is 3.75. The summed E-state index contributed by atoms with van der Waals surface area (Å²) in [5.74, 6) is 0.347. The number of rotatable bonds is 1. The zero-order chi connectivity index (χ0) is 17.1. The second-order valence-electron chi connectivity index (χ2n) is 6.73. The number of ether oxygens (including phenoxy) is 1. The number of pyridine rings is 1. The van der Waals surface area contributed by atoms with Crippen molar-refractivity contribution in [2.45, 2.75) is 45.6 Å². The van der Waals surface area contributed by atoms with Crippen molar-refractivity contribution < 1.29 is 9.53 Å². The molecule has 1 aromatic heterocycles. The number of aromatic nitrogens is 1. The third-order valence-electron chi connectivity index (χ3n) is 4.74. The largest absolute Gasteiger partial charge is 0.454 e. The SMILES string of the molecule is C/C1=C/[C@H]2OC(=O)/C(=C/c3ccc(N)nc3)[C@H]2CC/C(C)=C\CC1. The predicted molar refractivity (Wildman–Crippen MR) is 96.0 cm³/mol. The first kappa shape index (κ1) is 16.5. The lowest BCUT2D eigenvalue weighted by Crippen LogP contribution is -2.15. The van der Waals surface area contributed by atoms with Crippen LogP contribution in [0.5, 0.6) is 0 Å². The molecule has 1 aromatic rings. The Balaban J connectivity index is 1.93. The number of esters is 1. The van der Waals surface area contributed by atoms with Crippen LogP contribution in [0.15, 0.2) is 47.2 Å². The Hall–Kier alpha value is -2.36. The number of carbonyl (C=O) groups is 1. The minimum Gasteiger partial charge on any atom is -0.454 e. The van der Waals surface area contributed by atoms with Gasteiger partial charge in [-0.05, 0) is 69.4 Å². The molecule has 0 saturated carbocycles. The highest BCUT2D eigenvalue weighted by molar-refractivity contribution is 5.96. The van der Waals surface area contributed by atoms with E-state index in [2.05, 4.69) is 31.0 Å². The van der Waals surface area contributed by atoms with Crippen LogP contribution >= 0.6 is 0 Å². The van der Waals surface area contributed by atoms with Gasteiger partial charge in [0.05, 0.1) is 0 Å². The third-order valence-corrected chi connectivity index (χ3v) is 4.74. The van der Waals surface area contributed by atoms with Crippen LogP contribution in [0.25, 0.3) is 6.08 Å². The normalized spacial score (nSPS) is 30.8. The Kier molecular flexibility index (Phi) is 4.84. The number of hydrogen-bond donors (Lipinski definition) is 1. The molecule has 2 heterocycles. The van der Waals surface area contributed by atoms with Crippen LogP contribution in [-0.4, -0.2) is 17.1 Å². The van der Waals surface area contributed by atoms with Crippen LogP contribution in [0, 0.1) is 5.92 Å². The standard InChI is InChI=1S/C20H24N2O2/c1-13-4-3-5-14(2)10-18-16(8-6-13)17(20(23)24-18)11-15-7-9-19(21)22-12-15/h4,7,9-12,16,18H,3,5-6,8H2,1-2H3,(H2,21,22)/b13-4-,14-10-,17-11+/t16-,18-/m1/s1. The lowest BCUT2D eigenvalue weighted by atomic mass is 9.86. The van der Waals surface area contributed by atoms with E-state index in [9.17, 15) is 4.79 Å². The van der Waals surface area contributed by atoms with Crippen molar-refractivity contribution in [3.63, 3.8) is 0 Å². The van der Waals surface area contributed by atoms with E-state index in [-0.39, 0.29) is 18.0 Å². The molecule has 0 amide bonds. The number of anilines is 1. The molecule has 1 aliphatic heterocycles. The molecule has 0 bridgehead atoms. The van der Waals surface area contributed by atoms with Crippen LogP contribution in [0.2, 0.25) is 0 Å². The van der Waals surface area contributed by atoms with Gasteiger partial charge in [0, 0.05) is 17.7 Å². The summed E-state index contributed by atoms with van der Waals surface area (Å²) in [6.07, 6.45) is 11.8. The fraction of sp³-hybridized carbons (Fsp3) is 0.400. The second kappa shape index (κ2) is 7.04. The quantitative estimate of drug-likeness (QED) is 0.481. The minimum atomic E-state index is -0.216. The average molecular weight is 324 g/mol. The van der Waals surface area contributed by atoms with E-state index in [4.69, 9.17) is 10.5 Å². The van der Waals surface area contributed by atoms with Gasteiger partial charge >= 0.3 is 5.97 Å². The molecule has 2 atom stereocenters. The number of carbonyl (C=O) groups excluding carboxylic acids is 1. The Morgan fingerprint density at radius 3 is 2.83 bits per heavy atom. The monoisotopic (exact) mass is 324 g/mol. The smallest absolute Gasteiger partial charge is 0.335 e. The molecule has 2 aliphatic rings. The van der Waals surface area contributed by atoms with Crippen LogP contribution in [0.1, 0.15) is 45.1 Å². The summed E-state index contributed by atoms with van der Waals surface area (Å²) >= 11 is 0. The Bertz CT molecular complexity index is 714. The number of nitrogen functional groups attached to an aromatic ring is 1. The molecule has 0 radical (unpaired) electrons. The molecule has 0 aromatic carbocycles. The molecule has 1 fully saturated rings. The first-order valence-corrected chi connectivity index (χ1v) is 8.50. The lowest BCUT2D eigenvalue weighted by Gasteiger charge is -2.17.